The summed E-state index contributed by atoms with van der Waals surface area (Å²) in [4.78, 5) is 0. The lowest BCUT2D eigenvalue weighted by Gasteiger charge is -2.25. The molecule has 0 amide bonds. The molecule has 2 nitrogen and oxygen atoms in total. The van der Waals surface area contributed by atoms with Crippen molar-refractivity contribution in [2.24, 2.45) is 5.41 Å². The predicted molar refractivity (Wildman–Crippen MR) is 68.8 cm³/mol. The molecule has 16 heavy (non-hydrogen) atoms. The molecule has 0 spiro atoms. The van der Waals surface area contributed by atoms with E-state index in [1.807, 2.05) is 12.1 Å². The Morgan fingerprint density at radius 2 is 1.81 bits per heavy atom. The van der Waals surface area contributed by atoms with Gasteiger partial charge < -0.3 is 10.4 Å². The molecule has 1 aromatic rings. The highest BCUT2D eigenvalue weighted by molar-refractivity contribution is 5.26. The van der Waals surface area contributed by atoms with E-state index in [1.165, 1.54) is 12.0 Å². The van der Waals surface area contributed by atoms with Crippen LogP contribution in [0.4, 0.5) is 0 Å². The summed E-state index contributed by atoms with van der Waals surface area (Å²) in [6.45, 7) is 8.83. The van der Waals surface area contributed by atoms with Crippen LogP contribution < -0.4 is 5.32 Å². The monoisotopic (exact) mass is 221 g/mol. The molecule has 0 saturated heterocycles. The maximum Gasteiger partial charge on any atom is 0.115 e. The lowest BCUT2D eigenvalue weighted by atomic mass is 9.85. The fraction of sp³-hybridized carbons (Fsp3) is 0.571. The molecule has 0 saturated carbocycles. The van der Waals surface area contributed by atoms with Gasteiger partial charge in [0.1, 0.15) is 5.75 Å². The highest BCUT2D eigenvalue weighted by Crippen LogP contribution is 2.22. The highest BCUT2D eigenvalue weighted by atomic mass is 16.3. The molecule has 0 heterocycles. The summed E-state index contributed by atoms with van der Waals surface area (Å²) in [7, 11) is 0. The minimum atomic E-state index is 0.256. The van der Waals surface area contributed by atoms with Crippen LogP contribution in [0, 0.1) is 5.41 Å². The maximum absolute atomic E-state index is 9.22. The second-order valence-electron chi connectivity index (χ2n) is 5.18. The molecule has 0 aliphatic rings. The van der Waals surface area contributed by atoms with Crippen LogP contribution in [-0.2, 0) is 6.42 Å². The van der Waals surface area contributed by atoms with Gasteiger partial charge in [-0.3, -0.25) is 0 Å². The molecule has 0 atom stereocenters. The van der Waals surface area contributed by atoms with Crippen molar-refractivity contribution in [3.63, 3.8) is 0 Å². The van der Waals surface area contributed by atoms with Crippen LogP contribution in [0.15, 0.2) is 24.3 Å². The van der Waals surface area contributed by atoms with Crippen molar-refractivity contribution in [3.8, 4) is 5.75 Å². The number of hydrogen-bond donors (Lipinski definition) is 2. The second-order valence-corrected chi connectivity index (χ2v) is 5.18. The Morgan fingerprint density at radius 1 is 1.19 bits per heavy atom. The summed E-state index contributed by atoms with van der Waals surface area (Å²) in [6, 6.07) is 7.50. The van der Waals surface area contributed by atoms with Crippen LogP contribution in [-0.4, -0.2) is 18.2 Å². The topological polar surface area (TPSA) is 32.3 Å². The molecular weight excluding hydrogens is 198 g/mol. The summed E-state index contributed by atoms with van der Waals surface area (Å²) >= 11 is 0. The van der Waals surface area contributed by atoms with Crippen LogP contribution in [0.3, 0.4) is 0 Å². The third-order valence-electron chi connectivity index (χ3n) is 2.65. The average molecular weight is 221 g/mol. The van der Waals surface area contributed by atoms with E-state index >= 15 is 0 Å². The SMILES string of the molecule is CCCNCC(C)(C)Cc1ccc(O)cc1. The van der Waals surface area contributed by atoms with E-state index < -0.39 is 0 Å². The van der Waals surface area contributed by atoms with Crippen LogP contribution >= 0.6 is 0 Å². The first kappa shape index (κ1) is 13.0. The molecule has 0 aliphatic heterocycles. The summed E-state index contributed by atoms with van der Waals surface area (Å²) in [5, 5.41) is 12.7. The Morgan fingerprint density at radius 3 is 2.38 bits per heavy atom. The van der Waals surface area contributed by atoms with E-state index in [1.54, 1.807) is 12.1 Å². The largest absolute Gasteiger partial charge is 0.508 e. The quantitative estimate of drug-likeness (QED) is 0.724. The smallest absolute Gasteiger partial charge is 0.115 e. The molecule has 0 radical (unpaired) electrons. The van der Waals surface area contributed by atoms with Gasteiger partial charge in [0.15, 0.2) is 0 Å². The number of phenols is 1. The van der Waals surface area contributed by atoms with E-state index in [0.717, 1.165) is 19.5 Å². The summed E-state index contributed by atoms with van der Waals surface area (Å²) in [5.41, 5.74) is 1.53. The molecule has 0 fully saturated rings. The molecule has 2 heteroatoms. The van der Waals surface area contributed by atoms with Crippen LogP contribution in [0.2, 0.25) is 0 Å². The van der Waals surface area contributed by atoms with E-state index in [9.17, 15) is 5.11 Å². The van der Waals surface area contributed by atoms with Gasteiger partial charge in [-0.25, -0.2) is 0 Å². The Labute approximate surface area is 98.7 Å². The fourth-order valence-electron chi connectivity index (χ4n) is 1.83. The Hall–Kier alpha value is -1.02. The summed E-state index contributed by atoms with van der Waals surface area (Å²) in [6.07, 6.45) is 2.21. The molecule has 0 aromatic heterocycles. The van der Waals surface area contributed by atoms with Crippen LogP contribution in [0.5, 0.6) is 5.75 Å². The Balaban J connectivity index is 2.48. The standard InChI is InChI=1S/C14H23NO/c1-4-9-15-11-14(2,3)10-12-5-7-13(16)8-6-12/h5-8,15-16H,4,9-11H2,1-3H3. The van der Waals surface area contributed by atoms with Crippen molar-refractivity contribution in [1.29, 1.82) is 0 Å². The van der Waals surface area contributed by atoms with Gasteiger partial charge in [0.2, 0.25) is 0 Å². The van der Waals surface area contributed by atoms with E-state index in [2.05, 4.69) is 26.1 Å². The van der Waals surface area contributed by atoms with Crippen molar-refractivity contribution in [2.75, 3.05) is 13.1 Å². The first-order valence-corrected chi connectivity index (χ1v) is 6.02. The summed E-state index contributed by atoms with van der Waals surface area (Å²) in [5.74, 6) is 0.339. The lowest BCUT2D eigenvalue weighted by Crippen LogP contribution is -2.31. The highest BCUT2D eigenvalue weighted by Gasteiger charge is 2.17. The molecular formula is C14H23NO. The van der Waals surface area contributed by atoms with Gasteiger partial charge >= 0.3 is 0 Å². The van der Waals surface area contributed by atoms with Gasteiger partial charge in [-0.15, -0.1) is 0 Å². The molecule has 0 bridgehead atoms. The average Bonchev–Trinajstić information content (AvgIpc) is 2.21. The molecule has 0 unspecified atom stereocenters. The maximum atomic E-state index is 9.22. The molecule has 1 rings (SSSR count). The van der Waals surface area contributed by atoms with Gasteiger partial charge in [0.25, 0.3) is 0 Å². The van der Waals surface area contributed by atoms with Crippen LogP contribution in [0.25, 0.3) is 0 Å². The van der Waals surface area contributed by atoms with Crippen LogP contribution in [0.1, 0.15) is 32.8 Å². The Kier molecular flexibility index (Phi) is 4.81. The zero-order chi connectivity index (χ0) is 12.0. The van der Waals surface area contributed by atoms with Crippen molar-refractivity contribution >= 4 is 0 Å². The van der Waals surface area contributed by atoms with Gasteiger partial charge in [0.05, 0.1) is 0 Å². The molecule has 2 N–H and O–H groups in total. The third kappa shape index (κ3) is 4.67. The first-order chi connectivity index (χ1) is 7.53. The zero-order valence-electron chi connectivity index (χ0n) is 10.6. The van der Waals surface area contributed by atoms with Crippen molar-refractivity contribution in [1.82, 2.24) is 5.32 Å². The van der Waals surface area contributed by atoms with Gasteiger partial charge in [-0.2, -0.15) is 0 Å². The minimum Gasteiger partial charge on any atom is -0.508 e. The number of aromatic hydroxyl groups is 1. The second kappa shape index (κ2) is 5.90. The van der Waals surface area contributed by atoms with E-state index in [-0.39, 0.29) is 5.41 Å². The number of hydrogen-bond acceptors (Lipinski definition) is 2. The van der Waals surface area contributed by atoms with E-state index in [0.29, 0.717) is 5.75 Å². The molecule has 1 aromatic carbocycles. The molecule has 0 aliphatic carbocycles. The van der Waals surface area contributed by atoms with Crippen molar-refractivity contribution in [2.45, 2.75) is 33.6 Å². The third-order valence-corrected chi connectivity index (χ3v) is 2.65. The number of phenolic OH excluding ortho intramolecular Hbond substituents is 1. The minimum absolute atomic E-state index is 0.256. The van der Waals surface area contributed by atoms with Gasteiger partial charge in [-0.1, -0.05) is 32.9 Å². The van der Waals surface area contributed by atoms with Crippen molar-refractivity contribution < 1.29 is 5.11 Å². The fourth-order valence-corrected chi connectivity index (χ4v) is 1.83. The van der Waals surface area contributed by atoms with Gasteiger partial charge in [-0.05, 0) is 42.5 Å². The number of benzene rings is 1. The normalized spacial score (nSPS) is 11.7. The number of rotatable bonds is 6. The molecule has 90 valence electrons. The summed E-state index contributed by atoms with van der Waals surface area (Å²) < 4.78 is 0. The predicted octanol–water partition coefficient (Wildman–Crippen LogP) is 2.96. The lowest BCUT2D eigenvalue weighted by molar-refractivity contribution is 0.339. The first-order valence-electron chi connectivity index (χ1n) is 6.02. The van der Waals surface area contributed by atoms with E-state index in [4.69, 9.17) is 0 Å². The zero-order valence-corrected chi connectivity index (χ0v) is 10.6. The van der Waals surface area contributed by atoms with Gasteiger partial charge in [0, 0.05) is 6.54 Å². The van der Waals surface area contributed by atoms with Crippen molar-refractivity contribution in [3.05, 3.63) is 29.8 Å². The Bertz CT molecular complexity index is 303. The number of nitrogens with one attached hydrogen (secondary N) is 1.